The van der Waals surface area contributed by atoms with Gasteiger partial charge >= 0.3 is 0 Å². The third-order valence-corrected chi connectivity index (χ3v) is 8.18. The molecular weight excluding hydrogens is 448 g/mol. The summed E-state index contributed by atoms with van der Waals surface area (Å²) in [7, 11) is -0.544. The van der Waals surface area contributed by atoms with Crippen LogP contribution in [-0.2, 0) is 23.1 Å². The number of nitrogens with one attached hydrogen (secondary N) is 1. The van der Waals surface area contributed by atoms with Gasteiger partial charge in [-0.3, -0.25) is 9.69 Å². The Morgan fingerprint density at radius 3 is 2.47 bits per heavy atom. The highest BCUT2D eigenvalue weighted by molar-refractivity contribution is 7.89. The lowest BCUT2D eigenvalue weighted by Crippen LogP contribution is -2.44. The Balaban J connectivity index is 1.48. The van der Waals surface area contributed by atoms with Crippen molar-refractivity contribution in [2.75, 3.05) is 27.2 Å². The molecule has 1 aliphatic rings. The van der Waals surface area contributed by atoms with Crippen molar-refractivity contribution in [1.82, 2.24) is 19.1 Å². The number of likely N-dealkylation sites (tertiary alicyclic amines) is 1. The second-order valence-electron chi connectivity index (χ2n) is 8.95. The Kier molecular flexibility index (Phi) is 7.21. The van der Waals surface area contributed by atoms with Crippen molar-refractivity contribution in [3.05, 3.63) is 78.5 Å². The van der Waals surface area contributed by atoms with Crippen molar-refractivity contribution in [2.45, 2.75) is 36.9 Å². The summed E-state index contributed by atoms with van der Waals surface area (Å²) < 4.78 is 28.2. The van der Waals surface area contributed by atoms with E-state index in [1.807, 2.05) is 10.6 Å². The zero-order chi connectivity index (χ0) is 24.3. The van der Waals surface area contributed by atoms with Crippen LogP contribution in [0.1, 0.15) is 28.9 Å². The van der Waals surface area contributed by atoms with E-state index in [0.717, 1.165) is 38.0 Å². The molecule has 1 aromatic heterocycles. The minimum absolute atomic E-state index is 0.111. The van der Waals surface area contributed by atoms with Crippen molar-refractivity contribution >= 4 is 26.8 Å². The first kappa shape index (κ1) is 24.2. The van der Waals surface area contributed by atoms with Gasteiger partial charge in [-0.15, -0.1) is 6.58 Å². The number of piperidine rings is 1. The second kappa shape index (κ2) is 10.1. The van der Waals surface area contributed by atoms with E-state index < -0.39 is 10.0 Å². The Bertz CT molecular complexity index is 1270. The first-order chi connectivity index (χ1) is 16.3. The maximum atomic E-state index is 13.2. The number of hydrogen-bond donors (Lipinski definition) is 1. The summed E-state index contributed by atoms with van der Waals surface area (Å²) in [5.74, 6) is -0.142. The van der Waals surface area contributed by atoms with E-state index in [1.165, 1.54) is 24.0 Å². The Morgan fingerprint density at radius 2 is 1.82 bits per heavy atom. The molecule has 0 radical (unpaired) electrons. The molecule has 1 N–H and O–H groups in total. The molecular formula is C26H32N4O3S. The Morgan fingerprint density at radius 1 is 1.12 bits per heavy atom. The molecule has 0 saturated carbocycles. The third-order valence-electron chi connectivity index (χ3n) is 6.37. The summed E-state index contributed by atoms with van der Waals surface area (Å²) in [5, 5.41) is 3.91. The summed E-state index contributed by atoms with van der Waals surface area (Å²) in [6, 6.07) is 17.3. The number of amides is 1. The minimum atomic E-state index is -3.56. The third kappa shape index (κ3) is 5.09. The molecule has 4 rings (SSSR count). The van der Waals surface area contributed by atoms with Gasteiger partial charge in [0.1, 0.15) is 5.69 Å². The number of nitrogens with zero attached hydrogens (tertiary/aromatic N) is 3. The monoisotopic (exact) mass is 480 g/mol. The predicted octanol–water partition coefficient (Wildman–Crippen LogP) is 3.47. The number of hydrogen-bond acceptors (Lipinski definition) is 4. The van der Waals surface area contributed by atoms with Crippen molar-refractivity contribution in [1.29, 1.82) is 0 Å². The van der Waals surface area contributed by atoms with Gasteiger partial charge in [-0.25, -0.2) is 12.7 Å². The zero-order valence-corrected chi connectivity index (χ0v) is 20.6. The number of allylic oxidation sites excluding steroid dienone is 1. The van der Waals surface area contributed by atoms with Crippen LogP contribution in [0.3, 0.4) is 0 Å². The molecule has 1 amide bonds. The molecule has 1 fully saturated rings. The highest BCUT2D eigenvalue weighted by atomic mass is 32.2. The fourth-order valence-corrected chi connectivity index (χ4v) is 5.41. The van der Waals surface area contributed by atoms with Gasteiger partial charge in [-0.1, -0.05) is 36.4 Å². The quantitative estimate of drug-likeness (QED) is 0.501. The number of rotatable bonds is 8. The molecule has 7 nitrogen and oxygen atoms in total. The van der Waals surface area contributed by atoms with Crippen molar-refractivity contribution in [2.24, 2.45) is 0 Å². The first-order valence-corrected chi connectivity index (χ1v) is 13.0. The molecule has 3 aromatic rings. The maximum Gasteiger partial charge on any atom is 0.268 e. The largest absolute Gasteiger partial charge is 0.348 e. The van der Waals surface area contributed by atoms with Crippen molar-refractivity contribution in [3.63, 3.8) is 0 Å². The van der Waals surface area contributed by atoms with Crippen LogP contribution in [0.2, 0.25) is 0 Å². The van der Waals surface area contributed by atoms with Crippen LogP contribution in [0.4, 0.5) is 0 Å². The lowest BCUT2D eigenvalue weighted by molar-refractivity contribution is 0.0900. The van der Waals surface area contributed by atoms with Crippen LogP contribution < -0.4 is 5.32 Å². The summed E-state index contributed by atoms with van der Waals surface area (Å²) >= 11 is 0. The fraction of sp³-hybridized carbons (Fsp3) is 0.346. The van der Waals surface area contributed by atoms with Crippen LogP contribution in [-0.4, -0.2) is 61.3 Å². The number of carbonyl (C=O) groups excluding carboxylic acids is 1. The lowest BCUT2D eigenvalue weighted by atomic mass is 10.0. The van der Waals surface area contributed by atoms with Crippen molar-refractivity contribution < 1.29 is 13.2 Å². The molecule has 0 bridgehead atoms. The number of benzene rings is 2. The van der Waals surface area contributed by atoms with E-state index in [4.69, 9.17) is 0 Å². The average molecular weight is 481 g/mol. The van der Waals surface area contributed by atoms with Crippen LogP contribution in [0.25, 0.3) is 10.9 Å². The van der Waals surface area contributed by atoms with Gasteiger partial charge in [0.2, 0.25) is 10.0 Å². The van der Waals surface area contributed by atoms with Gasteiger partial charge < -0.3 is 9.88 Å². The van der Waals surface area contributed by atoms with Gasteiger partial charge in [-0.2, -0.15) is 0 Å². The highest BCUT2D eigenvalue weighted by Gasteiger charge is 2.24. The summed E-state index contributed by atoms with van der Waals surface area (Å²) in [5.41, 5.74) is 2.62. The van der Waals surface area contributed by atoms with E-state index in [0.29, 0.717) is 17.6 Å². The molecule has 180 valence electrons. The van der Waals surface area contributed by atoms with E-state index in [2.05, 4.69) is 41.1 Å². The molecule has 0 atom stereocenters. The van der Waals surface area contributed by atoms with Crippen molar-refractivity contribution in [3.8, 4) is 0 Å². The topological polar surface area (TPSA) is 74.6 Å². The number of sulfonamides is 1. The smallest absolute Gasteiger partial charge is 0.268 e. The standard InChI is InChI=1S/C26H32N4O3S/c1-4-14-30-24-11-10-23(34(32,33)28(2)3)17-21(24)18-25(30)26(31)27-22-12-15-29(16-13-22)19-20-8-6-5-7-9-20/h4-11,17-18,22H,1,12-16,19H2,2-3H3,(H,27,31). The van der Waals surface area contributed by atoms with Gasteiger partial charge in [0.25, 0.3) is 5.91 Å². The van der Waals surface area contributed by atoms with Crippen LogP contribution in [0.15, 0.2) is 72.1 Å². The molecule has 1 aliphatic heterocycles. The fourth-order valence-electron chi connectivity index (χ4n) is 4.47. The number of aromatic nitrogens is 1. The van der Waals surface area contributed by atoms with E-state index in [-0.39, 0.29) is 16.8 Å². The van der Waals surface area contributed by atoms with Gasteiger partial charge in [-0.05, 0) is 42.7 Å². The Labute approximate surface area is 201 Å². The average Bonchev–Trinajstić information content (AvgIpc) is 3.19. The lowest BCUT2D eigenvalue weighted by Gasteiger charge is -2.32. The van der Waals surface area contributed by atoms with Crippen LogP contribution in [0, 0.1) is 0 Å². The number of fused-ring (bicyclic) bond motifs is 1. The minimum Gasteiger partial charge on any atom is -0.348 e. The Hall–Kier alpha value is -2.94. The number of carbonyl (C=O) groups is 1. The molecule has 0 unspecified atom stereocenters. The molecule has 0 aliphatic carbocycles. The predicted molar refractivity (Wildman–Crippen MR) is 135 cm³/mol. The van der Waals surface area contributed by atoms with Gasteiger partial charge in [0.15, 0.2) is 0 Å². The van der Waals surface area contributed by atoms with E-state index >= 15 is 0 Å². The summed E-state index contributed by atoms with van der Waals surface area (Å²) in [6.45, 7) is 7.07. The van der Waals surface area contributed by atoms with Crippen LogP contribution >= 0.6 is 0 Å². The molecule has 2 heterocycles. The maximum absolute atomic E-state index is 13.2. The highest BCUT2D eigenvalue weighted by Crippen LogP contribution is 2.25. The molecule has 8 heteroatoms. The normalized spacial score (nSPS) is 15.6. The zero-order valence-electron chi connectivity index (χ0n) is 19.8. The second-order valence-corrected chi connectivity index (χ2v) is 11.1. The van der Waals surface area contributed by atoms with Crippen LogP contribution in [0.5, 0.6) is 0 Å². The summed E-state index contributed by atoms with van der Waals surface area (Å²) in [6.07, 6.45) is 3.53. The first-order valence-electron chi connectivity index (χ1n) is 11.5. The van der Waals surface area contributed by atoms with Gasteiger partial charge in [0.05, 0.1) is 4.90 Å². The van der Waals surface area contributed by atoms with E-state index in [9.17, 15) is 13.2 Å². The molecule has 2 aromatic carbocycles. The molecule has 0 spiro atoms. The molecule has 1 saturated heterocycles. The molecule has 34 heavy (non-hydrogen) atoms. The SMILES string of the molecule is C=CCn1c(C(=O)NC2CCN(Cc3ccccc3)CC2)cc2cc(S(=O)(=O)N(C)C)ccc21. The van der Waals surface area contributed by atoms with E-state index in [1.54, 1.807) is 30.3 Å². The summed E-state index contributed by atoms with van der Waals surface area (Å²) in [4.78, 5) is 15.9. The van der Waals surface area contributed by atoms with Gasteiger partial charge in [0, 0.05) is 57.2 Å².